The fourth-order valence-corrected chi connectivity index (χ4v) is 4.53. The molecule has 2 N–H and O–H groups in total. The molecule has 3 aromatic heterocycles. The van der Waals surface area contributed by atoms with Gasteiger partial charge in [-0.2, -0.15) is 0 Å². The van der Waals surface area contributed by atoms with Crippen LogP contribution in [0, 0.1) is 0 Å². The van der Waals surface area contributed by atoms with Crippen molar-refractivity contribution in [1.82, 2.24) is 19.6 Å². The third kappa shape index (κ3) is 1.95. The summed E-state index contributed by atoms with van der Waals surface area (Å²) in [7, 11) is 0. The van der Waals surface area contributed by atoms with E-state index < -0.39 is 0 Å². The Morgan fingerprint density at radius 2 is 1.91 bits per heavy atom. The maximum Gasteiger partial charge on any atom is 0.182 e. The van der Waals surface area contributed by atoms with Crippen molar-refractivity contribution in [2.75, 3.05) is 5.73 Å². The Kier molecular flexibility index (Phi) is 2.69. The van der Waals surface area contributed by atoms with E-state index in [1.54, 1.807) is 10.8 Å². The molecule has 0 saturated carbocycles. The molecule has 6 heteroatoms. The van der Waals surface area contributed by atoms with E-state index in [1.807, 2.05) is 35.6 Å². The third-order valence-corrected chi connectivity index (χ3v) is 5.66. The second-order valence-electron chi connectivity index (χ2n) is 5.96. The van der Waals surface area contributed by atoms with Gasteiger partial charge >= 0.3 is 0 Å². The average Bonchev–Trinajstić information content (AvgIpc) is 3.16. The normalized spacial score (nSPS) is 14.4. The summed E-state index contributed by atoms with van der Waals surface area (Å²) in [4.78, 5) is 12.0. The van der Waals surface area contributed by atoms with E-state index in [4.69, 9.17) is 10.7 Å². The van der Waals surface area contributed by atoms with Gasteiger partial charge in [0.2, 0.25) is 0 Å². The van der Waals surface area contributed by atoms with Gasteiger partial charge in [0.05, 0.1) is 5.39 Å². The Morgan fingerprint density at radius 1 is 1.09 bits per heavy atom. The fraction of sp³-hybridized carbons (Fsp3) is 0.235. The molecule has 0 aliphatic heterocycles. The molecule has 0 amide bonds. The van der Waals surface area contributed by atoms with Crippen molar-refractivity contribution in [2.45, 2.75) is 25.7 Å². The summed E-state index contributed by atoms with van der Waals surface area (Å²) in [6, 6.07) is 7.66. The van der Waals surface area contributed by atoms with Crippen molar-refractivity contribution in [2.24, 2.45) is 0 Å². The first-order valence-electron chi connectivity index (χ1n) is 7.81. The van der Waals surface area contributed by atoms with Crippen LogP contribution < -0.4 is 5.73 Å². The number of aryl methyl sites for hydroxylation is 2. The number of aromatic nitrogens is 4. The first-order valence-corrected chi connectivity index (χ1v) is 8.63. The van der Waals surface area contributed by atoms with Gasteiger partial charge in [0, 0.05) is 16.1 Å². The number of anilines is 1. The number of hydrogen-bond donors (Lipinski definition) is 1. The molecule has 0 saturated heterocycles. The van der Waals surface area contributed by atoms with Crippen molar-refractivity contribution in [3.63, 3.8) is 0 Å². The van der Waals surface area contributed by atoms with E-state index in [1.165, 1.54) is 35.1 Å². The van der Waals surface area contributed by atoms with Gasteiger partial charge in [-0.15, -0.1) is 16.4 Å². The van der Waals surface area contributed by atoms with Crippen molar-refractivity contribution >= 4 is 32.9 Å². The molecule has 0 atom stereocenters. The lowest BCUT2D eigenvalue weighted by molar-refractivity contribution is 0.700. The lowest BCUT2D eigenvalue weighted by atomic mass is 9.97. The number of thiophene rings is 1. The molecule has 0 radical (unpaired) electrons. The molecule has 23 heavy (non-hydrogen) atoms. The van der Waals surface area contributed by atoms with Gasteiger partial charge in [0.25, 0.3) is 0 Å². The highest BCUT2D eigenvalue weighted by Gasteiger charge is 2.20. The second-order valence-corrected chi connectivity index (χ2v) is 7.04. The van der Waals surface area contributed by atoms with Gasteiger partial charge in [-0.1, -0.05) is 0 Å². The monoisotopic (exact) mass is 321 g/mol. The summed E-state index contributed by atoms with van der Waals surface area (Å²) < 4.78 is 1.80. The van der Waals surface area contributed by atoms with Crippen LogP contribution in [-0.4, -0.2) is 19.6 Å². The molecule has 1 aliphatic carbocycles. The molecule has 1 aliphatic rings. The molecule has 4 aromatic rings. The number of nitrogens with zero attached hydrogens (tertiary/aromatic N) is 4. The number of hydrogen-bond acceptors (Lipinski definition) is 5. The molecule has 0 bridgehead atoms. The Hall–Kier alpha value is -2.47. The van der Waals surface area contributed by atoms with Gasteiger partial charge in [0.15, 0.2) is 11.5 Å². The van der Waals surface area contributed by atoms with Crippen molar-refractivity contribution < 1.29 is 0 Å². The highest BCUT2D eigenvalue weighted by molar-refractivity contribution is 7.19. The molecular formula is C17H15N5S. The molecule has 5 nitrogen and oxygen atoms in total. The number of fused-ring (bicyclic) bond motifs is 5. The van der Waals surface area contributed by atoms with Crippen LogP contribution in [0.1, 0.15) is 23.3 Å². The first kappa shape index (κ1) is 13.0. The van der Waals surface area contributed by atoms with E-state index in [-0.39, 0.29) is 0 Å². The maximum atomic E-state index is 5.76. The van der Waals surface area contributed by atoms with Crippen LogP contribution in [0.15, 0.2) is 30.6 Å². The summed E-state index contributed by atoms with van der Waals surface area (Å²) >= 11 is 1.81. The summed E-state index contributed by atoms with van der Waals surface area (Å²) in [5.41, 5.74) is 9.83. The Morgan fingerprint density at radius 3 is 2.78 bits per heavy atom. The standard InChI is InChI=1S/C17H15N5S/c18-11-7-5-10(6-8-11)15-20-16-14-12-3-1-2-4-13(12)23-17(14)19-9-22(16)21-15/h5-9H,1-4,18H2. The minimum atomic E-state index is 0.718. The quantitative estimate of drug-likeness (QED) is 0.545. The predicted molar refractivity (Wildman–Crippen MR) is 92.7 cm³/mol. The Bertz CT molecular complexity index is 1030. The minimum Gasteiger partial charge on any atom is -0.399 e. The molecule has 114 valence electrons. The molecule has 5 rings (SSSR count). The molecule has 0 fully saturated rings. The van der Waals surface area contributed by atoms with Crippen molar-refractivity contribution in [1.29, 1.82) is 0 Å². The van der Waals surface area contributed by atoms with E-state index >= 15 is 0 Å². The largest absolute Gasteiger partial charge is 0.399 e. The number of nitrogen functional groups attached to an aromatic ring is 1. The van der Waals surface area contributed by atoms with Crippen LogP contribution in [0.2, 0.25) is 0 Å². The zero-order chi connectivity index (χ0) is 15.4. The minimum absolute atomic E-state index is 0.718. The van der Waals surface area contributed by atoms with E-state index in [9.17, 15) is 0 Å². The molecule has 0 spiro atoms. The number of rotatable bonds is 1. The molecular weight excluding hydrogens is 306 g/mol. The van der Waals surface area contributed by atoms with Crippen LogP contribution in [-0.2, 0) is 12.8 Å². The first-order chi connectivity index (χ1) is 11.3. The van der Waals surface area contributed by atoms with Gasteiger partial charge in [-0.05, 0) is 55.5 Å². The topological polar surface area (TPSA) is 69.1 Å². The van der Waals surface area contributed by atoms with E-state index in [2.05, 4.69) is 10.1 Å². The van der Waals surface area contributed by atoms with Crippen molar-refractivity contribution in [3.8, 4) is 11.4 Å². The smallest absolute Gasteiger partial charge is 0.182 e. The lowest BCUT2D eigenvalue weighted by Crippen LogP contribution is -1.99. The lowest BCUT2D eigenvalue weighted by Gasteiger charge is -2.09. The van der Waals surface area contributed by atoms with Crippen LogP contribution in [0.4, 0.5) is 5.69 Å². The Balaban J connectivity index is 1.77. The fourth-order valence-electron chi connectivity index (χ4n) is 3.31. The average molecular weight is 321 g/mol. The number of benzene rings is 1. The van der Waals surface area contributed by atoms with Crippen molar-refractivity contribution in [3.05, 3.63) is 41.0 Å². The van der Waals surface area contributed by atoms with Crippen LogP contribution in [0.25, 0.3) is 27.3 Å². The van der Waals surface area contributed by atoms with E-state index in [0.29, 0.717) is 0 Å². The van der Waals surface area contributed by atoms with Crippen LogP contribution in [0.3, 0.4) is 0 Å². The number of nitrogens with two attached hydrogens (primary N) is 1. The maximum absolute atomic E-state index is 5.76. The van der Waals surface area contributed by atoms with Gasteiger partial charge in [0.1, 0.15) is 11.2 Å². The second kappa shape index (κ2) is 4.76. The zero-order valence-electron chi connectivity index (χ0n) is 12.5. The highest BCUT2D eigenvalue weighted by Crippen LogP contribution is 2.37. The summed E-state index contributed by atoms with van der Waals surface area (Å²) in [6.07, 6.45) is 6.59. The Labute approximate surface area is 136 Å². The van der Waals surface area contributed by atoms with Crippen LogP contribution >= 0.6 is 11.3 Å². The summed E-state index contributed by atoms with van der Waals surface area (Å²) in [6.45, 7) is 0. The van der Waals surface area contributed by atoms with Gasteiger partial charge < -0.3 is 5.73 Å². The summed E-state index contributed by atoms with van der Waals surface area (Å²) in [5.74, 6) is 0.718. The highest BCUT2D eigenvalue weighted by atomic mass is 32.1. The van der Waals surface area contributed by atoms with Crippen LogP contribution in [0.5, 0.6) is 0 Å². The van der Waals surface area contributed by atoms with E-state index in [0.717, 1.165) is 34.0 Å². The van der Waals surface area contributed by atoms with Gasteiger partial charge in [-0.25, -0.2) is 14.5 Å². The third-order valence-electron chi connectivity index (χ3n) is 4.46. The predicted octanol–water partition coefficient (Wildman–Crippen LogP) is 3.47. The molecule has 3 heterocycles. The zero-order valence-corrected chi connectivity index (χ0v) is 13.3. The van der Waals surface area contributed by atoms with Gasteiger partial charge in [-0.3, -0.25) is 0 Å². The SMILES string of the molecule is Nc1ccc(-c2nc3c4c5c(sc4ncn3n2)CCCC5)cc1. The molecule has 0 unspecified atom stereocenters. The summed E-state index contributed by atoms with van der Waals surface area (Å²) in [5, 5.41) is 5.79. The molecule has 1 aromatic carbocycles.